The molecule has 1 aromatic carbocycles. The fraction of sp³-hybridized carbons (Fsp3) is 0.357. The highest BCUT2D eigenvalue weighted by Crippen LogP contribution is 2.24. The van der Waals surface area contributed by atoms with Crippen molar-refractivity contribution in [1.29, 1.82) is 0 Å². The second-order valence-corrected chi connectivity index (χ2v) is 4.80. The smallest absolute Gasteiger partial charge is 0.330 e. The Morgan fingerprint density at radius 3 is 2.45 bits per heavy atom. The van der Waals surface area contributed by atoms with Crippen LogP contribution < -0.4 is 15.2 Å². The summed E-state index contributed by atoms with van der Waals surface area (Å²) >= 11 is 0. The number of aromatic nitrogens is 3. The Labute approximate surface area is 118 Å². The summed E-state index contributed by atoms with van der Waals surface area (Å²) in [5.74, 6) is 0.752. The van der Waals surface area contributed by atoms with Gasteiger partial charge in [-0.2, -0.15) is 9.97 Å². The number of nitrogens with zero attached hydrogens (tertiary/aromatic N) is 3. The largest absolute Gasteiger partial charge is 0.461 e. The minimum atomic E-state index is -0.0506. The first kappa shape index (κ1) is 14.0. The lowest BCUT2D eigenvalue weighted by Crippen LogP contribution is -2.11. The van der Waals surface area contributed by atoms with Crippen LogP contribution in [0, 0.1) is 13.8 Å². The zero-order chi connectivity index (χ0) is 14.7. The molecule has 20 heavy (non-hydrogen) atoms. The number of ether oxygens (including phenoxy) is 2. The first-order chi connectivity index (χ1) is 9.44. The van der Waals surface area contributed by atoms with Gasteiger partial charge in [-0.1, -0.05) is 12.1 Å². The van der Waals surface area contributed by atoms with Gasteiger partial charge in [-0.05, 0) is 44.9 Å². The molecule has 0 spiro atoms. The van der Waals surface area contributed by atoms with E-state index >= 15 is 0 Å². The molecule has 2 N–H and O–H groups in total. The Bertz CT molecular complexity index is 614. The van der Waals surface area contributed by atoms with E-state index in [-0.39, 0.29) is 24.1 Å². The van der Waals surface area contributed by atoms with Gasteiger partial charge >= 0.3 is 12.0 Å². The van der Waals surface area contributed by atoms with Gasteiger partial charge in [0.05, 0.1) is 6.10 Å². The van der Waals surface area contributed by atoms with Crippen molar-refractivity contribution in [2.24, 2.45) is 0 Å². The lowest BCUT2D eigenvalue weighted by Gasteiger charge is -2.11. The number of hydrogen-bond donors (Lipinski definition) is 1. The van der Waals surface area contributed by atoms with Crippen molar-refractivity contribution in [2.45, 2.75) is 33.8 Å². The topological polar surface area (TPSA) is 83.2 Å². The summed E-state index contributed by atoms with van der Waals surface area (Å²) in [7, 11) is 0. The minimum absolute atomic E-state index is 0.0506. The van der Waals surface area contributed by atoms with E-state index in [2.05, 4.69) is 15.0 Å². The van der Waals surface area contributed by atoms with Crippen LogP contribution in [-0.4, -0.2) is 21.1 Å². The Morgan fingerprint density at radius 2 is 1.75 bits per heavy atom. The van der Waals surface area contributed by atoms with E-state index in [9.17, 15) is 0 Å². The number of rotatable bonds is 4. The predicted molar refractivity (Wildman–Crippen MR) is 76.0 cm³/mol. The van der Waals surface area contributed by atoms with Crippen molar-refractivity contribution in [3.8, 4) is 17.8 Å². The van der Waals surface area contributed by atoms with Crippen LogP contribution in [-0.2, 0) is 0 Å². The summed E-state index contributed by atoms with van der Waals surface area (Å²) in [5, 5.41) is 0. The maximum atomic E-state index is 5.67. The van der Waals surface area contributed by atoms with Gasteiger partial charge in [-0.25, -0.2) is 0 Å². The third-order valence-electron chi connectivity index (χ3n) is 2.50. The molecule has 0 fully saturated rings. The molecule has 0 radical (unpaired) electrons. The van der Waals surface area contributed by atoms with E-state index in [0.29, 0.717) is 5.75 Å². The summed E-state index contributed by atoms with van der Waals surface area (Å²) in [6.45, 7) is 7.70. The first-order valence-electron chi connectivity index (χ1n) is 6.37. The van der Waals surface area contributed by atoms with Crippen molar-refractivity contribution < 1.29 is 9.47 Å². The van der Waals surface area contributed by atoms with Crippen molar-refractivity contribution in [1.82, 2.24) is 15.0 Å². The Hall–Kier alpha value is -2.37. The van der Waals surface area contributed by atoms with Crippen LogP contribution in [0.4, 0.5) is 5.95 Å². The minimum Gasteiger partial charge on any atom is -0.461 e. The molecular formula is C14H18N4O2. The summed E-state index contributed by atoms with van der Waals surface area (Å²) in [6, 6.07) is 6.19. The third kappa shape index (κ3) is 3.57. The Balaban J connectivity index is 2.28. The second kappa shape index (κ2) is 5.73. The van der Waals surface area contributed by atoms with Crippen molar-refractivity contribution in [2.75, 3.05) is 5.73 Å². The van der Waals surface area contributed by atoms with E-state index < -0.39 is 0 Å². The Kier molecular flexibility index (Phi) is 4.02. The predicted octanol–water partition coefficient (Wildman–Crippen LogP) is 2.65. The van der Waals surface area contributed by atoms with Crippen LogP contribution in [0.15, 0.2) is 18.2 Å². The van der Waals surface area contributed by atoms with E-state index in [0.717, 1.165) is 11.1 Å². The molecule has 0 atom stereocenters. The highest BCUT2D eigenvalue weighted by Gasteiger charge is 2.10. The average Bonchev–Trinajstić information content (AvgIpc) is 2.32. The molecule has 2 rings (SSSR count). The zero-order valence-electron chi connectivity index (χ0n) is 12.0. The van der Waals surface area contributed by atoms with Crippen LogP contribution in [0.1, 0.15) is 25.0 Å². The number of aryl methyl sites for hydroxylation is 2. The number of benzene rings is 1. The molecule has 0 bridgehead atoms. The molecular weight excluding hydrogens is 256 g/mol. The highest BCUT2D eigenvalue weighted by atomic mass is 16.5. The molecule has 1 heterocycles. The second-order valence-electron chi connectivity index (χ2n) is 4.80. The third-order valence-corrected chi connectivity index (χ3v) is 2.50. The Morgan fingerprint density at radius 1 is 1.05 bits per heavy atom. The molecule has 2 aromatic rings. The number of anilines is 1. The molecule has 0 saturated carbocycles. The van der Waals surface area contributed by atoms with Crippen molar-refractivity contribution in [3.63, 3.8) is 0 Å². The molecule has 0 aliphatic carbocycles. The SMILES string of the molecule is Cc1ccc(C)c(Oc2nc(N)nc(OC(C)C)n2)c1. The molecule has 6 nitrogen and oxygen atoms in total. The van der Waals surface area contributed by atoms with Gasteiger partial charge in [0.15, 0.2) is 0 Å². The van der Waals surface area contributed by atoms with Crippen LogP contribution >= 0.6 is 0 Å². The van der Waals surface area contributed by atoms with Crippen molar-refractivity contribution >= 4 is 5.95 Å². The summed E-state index contributed by atoms with van der Waals surface area (Å²) in [6.07, 6.45) is -0.0506. The fourth-order valence-electron chi connectivity index (χ4n) is 1.58. The maximum Gasteiger partial charge on any atom is 0.330 e. The van der Waals surface area contributed by atoms with Crippen LogP contribution in [0.2, 0.25) is 0 Å². The van der Waals surface area contributed by atoms with E-state index in [4.69, 9.17) is 15.2 Å². The van der Waals surface area contributed by atoms with Gasteiger partial charge < -0.3 is 15.2 Å². The van der Waals surface area contributed by atoms with E-state index in [1.165, 1.54) is 0 Å². The van der Waals surface area contributed by atoms with Gasteiger partial charge in [0.25, 0.3) is 0 Å². The maximum absolute atomic E-state index is 5.67. The molecule has 0 aliphatic heterocycles. The van der Waals surface area contributed by atoms with Gasteiger partial charge in [0.2, 0.25) is 5.95 Å². The summed E-state index contributed by atoms with van der Waals surface area (Å²) in [5.41, 5.74) is 7.71. The van der Waals surface area contributed by atoms with Crippen molar-refractivity contribution in [3.05, 3.63) is 29.3 Å². The molecule has 0 unspecified atom stereocenters. The monoisotopic (exact) mass is 274 g/mol. The van der Waals surface area contributed by atoms with Crippen LogP contribution in [0.25, 0.3) is 0 Å². The first-order valence-corrected chi connectivity index (χ1v) is 6.37. The van der Waals surface area contributed by atoms with Crippen LogP contribution in [0.3, 0.4) is 0 Å². The number of nitrogens with two attached hydrogens (primary N) is 1. The summed E-state index contributed by atoms with van der Waals surface area (Å²) in [4.78, 5) is 12.0. The lowest BCUT2D eigenvalue weighted by molar-refractivity contribution is 0.218. The quantitative estimate of drug-likeness (QED) is 0.922. The van der Waals surface area contributed by atoms with Gasteiger partial charge in [0, 0.05) is 0 Å². The fourth-order valence-corrected chi connectivity index (χ4v) is 1.58. The molecule has 0 saturated heterocycles. The van der Waals surface area contributed by atoms with E-state index in [1.807, 2.05) is 45.9 Å². The number of nitrogen functional groups attached to an aromatic ring is 1. The molecule has 0 amide bonds. The van der Waals surface area contributed by atoms with Gasteiger partial charge in [0.1, 0.15) is 5.75 Å². The molecule has 0 aliphatic rings. The highest BCUT2D eigenvalue weighted by molar-refractivity contribution is 5.38. The van der Waals surface area contributed by atoms with E-state index in [1.54, 1.807) is 0 Å². The van der Waals surface area contributed by atoms with Crippen LogP contribution in [0.5, 0.6) is 17.8 Å². The lowest BCUT2D eigenvalue weighted by atomic mass is 10.1. The number of hydrogen-bond acceptors (Lipinski definition) is 6. The zero-order valence-corrected chi connectivity index (χ0v) is 12.0. The average molecular weight is 274 g/mol. The standard InChI is InChI=1S/C14H18N4O2/c1-8(2)19-13-16-12(15)17-14(18-13)20-11-7-9(3)5-6-10(11)4/h5-8H,1-4H3,(H2,15,16,17,18). The molecule has 6 heteroatoms. The van der Waals surface area contributed by atoms with Gasteiger partial charge in [-0.15, -0.1) is 4.98 Å². The normalized spacial score (nSPS) is 10.7. The van der Waals surface area contributed by atoms with Gasteiger partial charge in [-0.3, -0.25) is 0 Å². The molecule has 106 valence electrons. The molecule has 1 aromatic heterocycles. The summed E-state index contributed by atoms with van der Waals surface area (Å²) < 4.78 is 11.1.